The van der Waals surface area contributed by atoms with Gasteiger partial charge in [0.2, 0.25) is 17.2 Å². The smallest absolute Gasteiger partial charge is 0.314 e. The molecule has 0 aromatic carbocycles. The van der Waals surface area contributed by atoms with Crippen molar-refractivity contribution in [3.63, 3.8) is 0 Å². The van der Waals surface area contributed by atoms with Crippen LogP contribution in [0, 0.1) is 5.92 Å². The molecule has 2 aliphatic carbocycles. The largest absolute Gasteiger partial charge is 0.463 e. The van der Waals surface area contributed by atoms with Crippen molar-refractivity contribution in [2.45, 2.75) is 72.5 Å². The highest BCUT2D eigenvalue weighted by Crippen LogP contribution is 2.41. The minimum absolute atomic E-state index is 0.0472. The monoisotopic (exact) mass is 516 g/mol. The Hall–Kier alpha value is -3.26. The Balaban J connectivity index is 1.95. The lowest BCUT2D eigenvalue weighted by molar-refractivity contribution is -0.176. The van der Waals surface area contributed by atoms with E-state index < -0.39 is 41.1 Å². The van der Waals surface area contributed by atoms with E-state index in [0.29, 0.717) is 17.6 Å². The lowest BCUT2D eigenvalue weighted by Crippen LogP contribution is -2.53. The first-order chi connectivity index (χ1) is 16.8. The lowest BCUT2D eigenvalue weighted by Gasteiger charge is -2.34. The SMILES string of the molecule is CC=C(C)C(OC(C)=O)C(C)C(=O)OC1(C)C(=O)C2=COC(C3=C(C)CCCC3=O)=CC2=C(Cl)C1=O. The van der Waals surface area contributed by atoms with Crippen LogP contribution < -0.4 is 0 Å². The normalized spacial score (nSPS) is 24.4. The van der Waals surface area contributed by atoms with Gasteiger partial charge in [0.25, 0.3) is 0 Å². The Morgan fingerprint density at radius 1 is 1.17 bits per heavy atom. The number of allylic oxidation sites excluding steroid dienone is 5. The van der Waals surface area contributed by atoms with Crippen molar-refractivity contribution in [3.05, 3.63) is 57.1 Å². The zero-order valence-electron chi connectivity index (χ0n) is 21.2. The van der Waals surface area contributed by atoms with E-state index in [1.165, 1.54) is 26.8 Å². The Morgan fingerprint density at radius 3 is 2.42 bits per heavy atom. The second-order valence-electron chi connectivity index (χ2n) is 9.28. The number of hydrogen-bond donors (Lipinski definition) is 0. The van der Waals surface area contributed by atoms with E-state index in [1.54, 1.807) is 19.9 Å². The van der Waals surface area contributed by atoms with E-state index in [0.717, 1.165) is 24.7 Å². The third-order valence-electron chi connectivity index (χ3n) is 6.65. The molecule has 3 aliphatic rings. The predicted octanol–water partition coefficient (Wildman–Crippen LogP) is 4.33. The number of carbonyl (C=O) groups is 5. The van der Waals surface area contributed by atoms with Gasteiger partial charge in [-0.25, -0.2) is 0 Å². The highest BCUT2D eigenvalue weighted by Gasteiger charge is 2.53. The van der Waals surface area contributed by atoms with Gasteiger partial charge in [0, 0.05) is 18.9 Å². The fourth-order valence-corrected chi connectivity index (χ4v) is 4.74. The number of ether oxygens (including phenoxy) is 3. The van der Waals surface area contributed by atoms with E-state index >= 15 is 0 Å². The molecule has 0 aromatic heterocycles. The maximum Gasteiger partial charge on any atom is 0.314 e. The minimum atomic E-state index is -2.24. The van der Waals surface area contributed by atoms with Gasteiger partial charge in [-0.2, -0.15) is 0 Å². The number of esters is 2. The average Bonchev–Trinajstić information content (AvgIpc) is 2.83. The van der Waals surface area contributed by atoms with Gasteiger partial charge < -0.3 is 14.2 Å². The van der Waals surface area contributed by atoms with Crippen molar-refractivity contribution >= 4 is 40.9 Å². The molecule has 0 bridgehead atoms. The van der Waals surface area contributed by atoms with Crippen molar-refractivity contribution in [3.8, 4) is 0 Å². The van der Waals surface area contributed by atoms with Crippen LogP contribution in [0.2, 0.25) is 0 Å². The molecule has 9 heteroatoms. The number of fused-ring (bicyclic) bond motifs is 1. The first-order valence-electron chi connectivity index (χ1n) is 11.7. The van der Waals surface area contributed by atoms with Gasteiger partial charge in [-0.15, -0.1) is 0 Å². The van der Waals surface area contributed by atoms with Crippen LogP contribution in [0.15, 0.2) is 57.1 Å². The molecule has 3 rings (SSSR count). The van der Waals surface area contributed by atoms with Gasteiger partial charge in [-0.05, 0) is 59.1 Å². The molecule has 0 radical (unpaired) electrons. The maximum atomic E-state index is 13.4. The first kappa shape index (κ1) is 27.3. The van der Waals surface area contributed by atoms with Crippen LogP contribution in [-0.2, 0) is 38.2 Å². The molecule has 0 fully saturated rings. The van der Waals surface area contributed by atoms with Crippen LogP contribution in [0.3, 0.4) is 0 Å². The van der Waals surface area contributed by atoms with Crippen molar-refractivity contribution in [2.24, 2.45) is 5.92 Å². The fraction of sp³-hybridized carbons (Fsp3) is 0.444. The van der Waals surface area contributed by atoms with Gasteiger partial charge in [0.15, 0.2) is 5.78 Å². The summed E-state index contributed by atoms with van der Waals surface area (Å²) in [4.78, 5) is 63.7. The topological polar surface area (TPSA) is 113 Å². The molecule has 0 N–H and O–H groups in total. The van der Waals surface area contributed by atoms with Crippen LogP contribution in [-0.4, -0.2) is 41.0 Å². The highest BCUT2D eigenvalue weighted by atomic mass is 35.5. The molecule has 3 atom stereocenters. The summed E-state index contributed by atoms with van der Waals surface area (Å²) in [7, 11) is 0. The predicted molar refractivity (Wildman–Crippen MR) is 130 cm³/mol. The highest BCUT2D eigenvalue weighted by molar-refractivity contribution is 6.49. The molecule has 3 unspecified atom stereocenters. The summed E-state index contributed by atoms with van der Waals surface area (Å²) in [6.07, 6.45) is 5.14. The van der Waals surface area contributed by atoms with E-state index in [9.17, 15) is 24.0 Å². The van der Waals surface area contributed by atoms with Crippen LogP contribution in [0.4, 0.5) is 0 Å². The van der Waals surface area contributed by atoms with Gasteiger partial charge in [-0.3, -0.25) is 24.0 Å². The quantitative estimate of drug-likeness (QED) is 0.291. The minimum Gasteiger partial charge on any atom is -0.463 e. The number of rotatable bonds is 6. The third kappa shape index (κ3) is 4.87. The van der Waals surface area contributed by atoms with Crippen molar-refractivity contribution < 1.29 is 38.2 Å². The standard InChI is InChI=1S/C27H29ClO8/c1-7-13(2)23(35-16(5)29)15(4)26(33)36-27(6)24(31)18-12-34-20(11-17(18)22(28)25(27)32)21-14(3)9-8-10-19(21)30/h7,11-12,15,23H,8-10H2,1-6H3. The molecule has 36 heavy (non-hydrogen) atoms. The van der Waals surface area contributed by atoms with E-state index in [1.807, 2.05) is 6.92 Å². The molecule has 192 valence electrons. The Bertz CT molecular complexity index is 1210. The molecule has 0 aromatic rings. The van der Waals surface area contributed by atoms with E-state index in [2.05, 4.69) is 0 Å². The van der Waals surface area contributed by atoms with Gasteiger partial charge in [0.05, 0.1) is 22.1 Å². The van der Waals surface area contributed by atoms with Crippen molar-refractivity contribution in [1.82, 2.24) is 0 Å². The zero-order chi connectivity index (χ0) is 26.9. The molecule has 0 amide bonds. The molecule has 1 aliphatic heterocycles. The summed E-state index contributed by atoms with van der Waals surface area (Å²) in [5, 5.41) is -0.313. The number of ketones is 3. The summed E-state index contributed by atoms with van der Waals surface area (Å²) in [6.45, 7) is 9.10. The maximum absolute atomic E-state index is 13.4. The zero-order valence-corrected chi connectivity index (χ0v) is 21.9. The number of hydrogen-bond acceptors (Lipinski definition) is 8. The van der Waals surface area contributed by atoms with Crippen molar-refractivity contribution in [2.75, 3.05) is 0 Å². The first-order valence-corrected chi connectivity index (χ1v) is 12.1. The summed E-state index contributed by atoms with van der Waals surface area (Å²) < 4.78 is 16.4. The number of halogens is 1. The summed E-state index contributed by atoms with van der Waals surface area (Å²) in [5.41, 5.74) is -0.315. The third-order valence-corrected chi connectivity index (χ3v) is 7.03. The van der Waals surface area contributed by atoms with Crippen LogP contribution in [0.5, 0.6) is 0 Å². The molecule has 0 saturated carbocycles. The molecule has 0 spiro atoms. The van der Waals surface area contributed by atoms with Crippen LogP contribution in [0.1, 0.15) is 60.8 Å². The lowest BCUT2D eigenvalue weighted by atomic mass is 9.79. The molecule has 8 nitrogen and oxygen atoms in total. The fourth-order valence-electron chi connectivity index (χ4n) is 4.40. The van der Waals surface area contributed by atoms with Gasteiger partial charge in [-0.1, -0.05) is 23.3 Å². The summed E-state index contributed by atoms with van der Waals surface area (Å²) in [6, 6.07) is 0. The number of carbonyl (C=O) groups excluding carboxylic acids is 5. The van der Waals surface area contributed by atoms with Gasteiger partial charge in [0.1, 0.15) is 18.1 Å². The van der Waals surface area contributed by atoms with E-state index in [4.69, 9.17) is 25.8 Å². The Labute approximate surface area is 214 Å². The van der Waals surface area contributed by atoms with Crippen LogP contribution >= 0.6 is 11.6 Å². The molecular weight excluding hydrogens is 488 g/mol. The second kappa shape index (κ2) is 10.4. The second-order valence-corrected chi connectivity index (χ2v) is 9.66. The van der Waals surface area contributed by atoms with Gasteiger partial charge >= 0.3 is 11.9 Å². The molecule has 0 saturated heterocycles. The number of Topliss-reactive ketones (excluding diaryl/α,β-unsaturated/α-hetero) is 3. The Morgan fingerprint density at radius 2 is 1.83 bits per heavy atom. The van der Waals surface area contributed by atoms with Crippen LogP contribution in [0.25, 0.3) is 0 Å². The Kier molecular flexibility index (Phi) is 7.88. The molecule has 1 heterocycles. The van der Waals surface area contributed by atoms with Crippen molar-refractivity contribution in [1.29, 1.82) is 0 Å². The van der Waals surface area contributed by atoms with E-state index in [-0.39, 0.29) is 27.7 Å². The summed E-state index contributed by atoms with van der Waals surface area (Å²) >= 11 is 6.40. The average molecular weight is 517 g/mol. The summed E-state index contributed by atoms with van der Waals surface area (Å²) in [5.74, 6) is -4.10. The molecular formula is C27H29ClO8.